The van der Waals surface area contributed by atoms with Gasteiger partial charge in [0.2, 0.25) is 11.8 Å². The van der Waals surface area contributed by atoms with Crippen LogP contribution in [-0.2, 0) is 26.3 Å². The van der Waals surface area contributed by atoms with Crippen molar-refractivity contribution >= 4 is 23.2 Å². The molecule has 30 heavy (non-hydrogen) atoms. The molecular weight excluding hydrogens is 402 g/mol. The minimum Gasteiger partial charge on any atom is -0.495 e. The number of likely N-dealkylation sites (tertiary alicyclic amines) is 1. The Balaban J connectivity index is 1.51. The normalized spacial score (nSPS) is 18.6. The highest BCUT2D eigenvalue weighted by molar-refractivity contribution is 7.15. The number of carbonyl (C=O) groups is 2. The molecule has 1 atom stereocenters. The maximum absolute atomic E-state index is 12.6. The molecule has 4 rings (SSSR count). The Hall–Kier alpha value is -2.45. The van der Waals surface area contributed by atoms with E-state index in [9.17, 15) is 9.59 Å². The number of fused-ring (bicyclic) bond motifs is 2. The van der Waals surface area contributed by atoms with Gasteiger partial charge in [-0.25, -0.2) is 0 Å². The fraction of sp³-hybridized carbons (Fsp3) is 0.500. The minimum atomic E-state index is -0.506. The average molecular weight is 430 g/mol. The molecule has 1 saturated heterocycles. The summed E-state index contributed by atoms with van der Waals surface area (Å²) >= 11 is 1.78. The van der Waals surface area contributed by atoms with Gasteiger partial charge in [0.05, 0.1) is 36.1 Å². The van der Waals surface area contributed by atoms with Gasteiger partial charge in [-0.2, -0.15) is 0 Å². The number of thiophene rings is 1. The second kappa shape index (κ2) is 8.35. The zero-order valence-corrected chi connectivity index (χ0v) is 18.4. The predicted octanol–water partition coefficient (Wildman–Crippen LogP) is 2.73. The van der Waals surface area contributed by atoms with Crippen LogP contribution in [0.3, 0.4) is 0 Å². The van der Waals surface area contributed by atoms with Gasteiger partial charge < -0.3 is 19.7 Å². The Morgan fingerprint density at radius 1 is 1.33 bits per heavy atom. The summed E-state index contributed by atoms with van der Waals surface area (Å²) in [4.78, 5) is 32.8. The number of nitrogens with one attached hydrogen (secondary N) is 1. The fourth-order valence-corrected chi connectivity index (χ4v) is 5.54. The van der Waals surface area contributed by atoms with Crippen LogP contribution < -0.4 is 10.1 Å². The van der Waals surface area contributed by atoms with E-state index in [-0.39, 0.29) is 17.4 Å². The van der Waals surface area contributed by atoms with E-state index in [4.69, 9.17) is 9.47 Å². The van der Waals surface area contributed by atoms with Gasteiger partial charge in [0.1, 0.15) is 11.8 Å². The molecule has 1 spiro atoms. The zero-order chi connectivity index (χ0) is 21.3. The number of pyridine rings is 1. The van der Waals surface area contributed by atoms with E-state index < -0.39 is 6.04 Å². The monoisotopic (exact) mass is 429 g/mol. The highest BCUT2D eigenvalue weighted by Gasteiger charge is 2.43. The smallest absolute Gasteiger partial charge is 0.244 e. The minimum absolute atomic E-state index is 0.0375. The van der Waals surface area contributed by atoms with Gasteiger partial charge >= 0.3 is 0 Å². The molecule has 2 aliphatic rings. The molecule has 0 radical (unpaired) electrons. The lowest BCUT2D eigenvalue weighted by molar-refractivity contribution is -0.143. The van der Waals surface area contributed by atoms with Gasteiger partial charge in [-0.05, 0) is 43.5 Å². The Bertz CT molecular complexity index is 932. The summed E-state index contributed by atoms with van der Waals surface area (Å²) in [6, 6.07) is 5.61. The first-order valence-corrected chi connectivity index (χ1v) is 11.1. The molecule has 0 aliphatic carbocycles. The number of hydrogen-bond donors (Lipinski definition) is 1. The van der Waals surface area contributed by atoms with Gasteiger partial charge in [0.15, 0.2) is 0 Å². The van der Waals surface area contributed by atoms with Crippen molar-refractivity contribution in [3.63, 3.8) is 0 Å². The summed E-state index contributed by atoms with van der Waals surface area (Å²) in [5.74, 6) is 0.512. The van der Waals surface area contributed by atoms with Gasteiger partial charge in [-0.3, -0.25) is 14.6 Å². The second-order valence-corrected chi connectivity index (χ2v) is 9.01. The molecular formula is C22H27N3O4S. The van der Waals surface area contributed by atoms with E-state index in [0.29, 0.717) is 19.7 Å². The largest absolute Gasteiger partial charge is 0.495 e. The summed E-state index contributed by atoms with van der Waals surface area (Å²) in [5.41, 5.74) is 1.83. The van der Waals surface area contributed by atoms with E-state index in [1.807, 2.05) is 17.0 Å². The van der Waals surface area contributed by atoms with Crippen molar-refractivity contribution in [2.45, 2.75) is 44.8 Å². The van der Waals surface area contributed by atoms with Crippen molar-refractivity contribution in [3.8, 4) is 16.3 Å². The zero-order valence-electron chi connectivity index (χ0n) is 17.6. The first kappa shape index (κ1) is 20.8. The lowest BCUT2D eigenvalue weighted by atomic mass is 9.82. The molecule has 2 amide bonds. The molecule has 1 N–H and O–H groups in total. The number of hydrogen-bond acceptors (Lipinski definition) is 6. The van der Waals surface area contributed by atoms with Crippen molar-refractivity contribution in [2.24, 2.45) is 0 Å². The van der Waals surface area contributed by atoms with E-state index >= 15 is 0 Å². The molecule has 1 fully saturated rings. The van der Waals surface area contributed by atoms with Crippen LogP contribution in [0.1, 0.15) is 37.1 Å². The Morgan fingerprint density at radius 2 is 2.10 bits per heavy atom. The highest BCUT2D eigenvalue weighted by Crippen LogP contribution is 2.46. The average Bonchev–Trinajstić information content (AvgIpc) is 3.19. The van der Waals surface area contributed by atoms with Gasteiger partial charge in [-0.1, -0.05) is 0 Å². The first-order chi connectivity index (χ1) is 14.4. The predicted molar refractivity (Wildman–Crippen MR) is 115 cm³/mol. The third-order valence-electron chi connectivity index (χ3n) is 5.90. The maximum atomic E-state index is 12.6. The number of aromatic nitrogens is 1. The molecule has 0 aromatic carbocycles. The number of methoxy groups -OCH3 is 1. The molecule has 0 saturated carbocycles. The van der Waals surface area contributed by atoms with Crippen molar-refractivity contribution in [3.05, 3.63) is 34.8 Å². The lowest BCUT2D eigenvalue weighted by Crippen LogP contribution is -2.52. The standard InChI is InChI=1S/C22H27N3O4S/c1-14(24-15(2)26)21(27)25-9-7-22(8-10-25)17-12-20(30-19(17)6-11-29-22)18-5-4-16(28-3)13-23-18/h4-5,12-14H,6-11H2,1-3H3,(H,24,26)/t14-/m0/s1. The molecule has 8 heteroatoms. The Morgan fingerprint density at radius 3 is 2.73 bits per heavy atom. The summed E-state index contributed by atoms with van der Waals surface area (Å²) in [5, 5.41) is 2.68. The third kappa shape index (κ3) is 3.94. The SMILES string of the molecule is COc1ccc(-c2cc3c(s2)CCOC32CCN(C(=O)[C@H](C)NC(C)=O)CC2)nc1. The van der Waals surface area contributed by atoms with Gasteiger partial charge in [0.25, 0.3) is 0 Å². The van der Waals surface area contributed by atoms with Crippen LogP contribution in [0.15, 0.2) is 24.4 Å². The molecule has 2 aromatic heterocycles. The van der Waals surface area contributed by atoms with Crippen LogP contribution in [0, 0.1) is 0 Å². The van der Waals surface area contributed by atoms with Gasteiger partial charge in [-0.15, -0.1) is 11.3 Å². The topological polar surface area (TPSA) is 80.8 Å². The summed E-state index contributed by atoms with van der Waals surface area (Å²) in [6.45, 7) is 5.09. The summed E-state index contributed by atoms with van der Waals surface area (Å²) < 4.78 is 11.5. The number of piperidine rings is 1. The van der Waals surface area contributed by atoms with Gasteiger partial charge in [0, 0.05) is 31.3 Å². The van der Waals surface area contributed by atoms with Crippen LogP contribution in [0.25, 0.3) is 10.6 Å². The van der Waals surface area contributed by atoms with Crippen molar-refractivity contribution < 1.29 is 19.1 Å². The fourth-order valence-electron chi connectivity index (χ4n) is 4.33. The first-order valence-electron chi connectivity index (χ1n) is 10.3. The van der Waals surface area contributed by atoms with Crippen LogP contribution in [0.2, 0.25) is 0 Å². The molecule has 2 aromatic rings. The quantitative estimate of drug-likeness (QED) is 0.808. The van der Waals surface area contributed by atoms with Crippen molar-refractivity contribution in [2.75, 3.05) is 26.8 Å². The third-order valence-corrected chi connectivity index (χ3v) is 7.12. The molecule has 0 bridgehead atoms. The number of rotatable bonds is 4. The Kier molecular flexibility index (Phi) is 5.79. The second-order valence-electron chi connectivity index (χ2n) is 7.87. The molecule has 2 aliphatic heterocycles. The van der Waals surface area contributed by atoms with E-state index in [1.54, 1.807) is 31.6 Å². The summed E-state index contributed by atoms with van der Waals surface area (Å²) in [6.07, 6.45) is 4.15. The Labute approximate surface area is 180 Å². The molecule has 160 valence electrons. The molecule has 7 nitrogen and oxygen atoms in total. The number of amides is 2. The van der Waals surface area contributed by atoms with Crippen LogP contribution in [-0.4, -0.2) is 54.5 Å². The highest BCUT2D eigenvalue weighted by atomic mass is 32.1. The van der Waals surface area contributed by atoms with Crippen molar-refractivity contribution in [1.29, 1.82) is 0 Å². The molecule has 4 heterocycles. The van der Waals surface area contributed by atoms with Crippen molar-refractivity contribution in [1.82, 2.24) is 15.2 Å². The maximum Gasteiger partial charge on any atom is 0.244 e. The summed E-state index contributed by atoms with van der Waals surface area (Å²) in [7, 11) is 1.63. The van der Waals surface area contributed by atoms with E-state index in [2.05, 4.69) is 16.4 Å². The van der Waals surface area contributed by atoms with Crippen LogP contribution in [0.5, 0.6) is 5.75 Å². The van der Waals surface area contributed by atoms with Crippen LogP contribution in [0.4, 0.5) is 0 Å². The lowest BCUT2D eigenvalue weighted by Gasteiger charge is -2.44. The number of ether oxygens (including phenoxy) is 2. The molecule has 0 unspecified atom stereocenters. The van der Waals surface area contributed by atoms with E-state index in [0.717, 1.165) is 35.6 Å². The number of carbonyl (C=O) groups excluding carboxylic acids is 2. The van der Waals surface area contributed by atoms with E-state index in [1.165, 1.54) is 17.4 Å². The number of nitrogens with zero attached hydrogens (tertiary/aromatic N) is 2. The van der Waals surface area contributed by atoms with Crippen LogP contribution >= 0.6 is 11.3 Å².